The highest BCUT2D eigenvalue weighted by Crippen LogP contribution is 2.34. The van der Waals surface area contributed by atoms with Crippen LogP contribution in [0.2, 0.25) is 0 Å². The quantitative estimate of drug-likeness (QED) is 0.627. The van der Waals surface area contributed by atoms with Crippen LogP contribution in [0.15, 0.2) is 77.4 Å². The average Bonchev–Trinajstić information content (AvgIpc) is 3.13. The molecule has 0 N–H and O–H groups in total. The van der Waals surface area contributed by atoms with Gasteiger partial charge in [0.05, 0.1) is 17.9 Å². The van der Waals surface area contributed by atoms with Crippen molar-refractivity contribution in [3.63, 3.8) is 0 Å². The fourth-order valence-electron chi connectivity index (χ4n) is 3.45. The predicted molar refractivity (Wildman–Crippen MR) is 111 cm³/mol. The Hall–Kier alpha value is -2.46. The van der Waals surface area contributed by atoms with Crippen LogP contribution in [-0.4, -0.2) is 29.6 Å². The van der Waals surface area contributed by atoms with Gasteiger partial charge < -0.3 is 9.32 Å². The van der Waals surface area contributed by atoms with Gasteiger partial charge >= 0.3 is 0 Å². The summed E-state index contributed by atoms with van der Waals surface area (Å²) in [6.07, 6.45) is 3.13. The van der Waals surface area contributed by atoms with E-state index in [2.05, 4.69) is 36.4 Å². The number of amides is 1. The third-order valence-corrected chi connectivity index (χ3v) is 6.26. The number of hydrogen-bond acceptors (Lipinski definition) is 3. The maximum absolute atomic E-state index is 12.8. The van der Waals surface area contributed by atoms with E-state index in [4.69, 9.17) is 4.42 Å². The molecule has 1 unspecified atom stereocenters. The minimum absolute atomic E-state index is 0.211. The molecule has 0 radical (unpaired) electrons. The Morgan fingerprint density at radius 1 is 0.963 bits per heavy atom. The van der Waals surface area contributed by atoms with Crippen LogP contribution in [0.5, 0.6) is 0 Å². The molecule has 1 saturated heterocycles. The van der Waals surface area contributed by atoms with Crippen LogP contribution in [-0.2, 0) is 11.2 Å². The molecule has 0 spiro atoms. The van der Waals surface area contributed by atoms with E-state index in [-0.39, 0.29) is 5.91 Å². The predicted octanol–water partition coefficient (Wildman–Crippen LogP) is 5.20. The molecular formula is C23H23NO2S. The van der Waals surface area contributed by atoms with E-state index in [1.54, 1.807) is 6.26 Å². The molecule has 3 aromatic rings. The van der Waals surface area contributed by atoms with E-state index in [0.717, 1.165) is 36.6 Å². The summed E-state index contributed by atoms with van der Waals surface area (Å²) in [6, 6.07) is 22.6. The Morgan fingerprint density at radius 3 is 2.48 bits per heavy atom. The molecule has 1 amide bonds. The SMILES string of the molecule is O=C(Cc1ccc(-c2ccccc2)cc1)N1CCSC(c2ccco2)CC1. The number of furan rings is 1. The van der Waals surface area contributed by atoms with Gasteiger partial charge in [0.25, 0.3) is 0 Å². The first-order chi connectivity index (χ1) is 13.3. The molecule has 1 aliphatic heterocycles. The number of nitrogens with zero attached hydrogens (tertiary/aromatic N) is 1. The zero-order valence-corrected chi connectivity index (χ0v) is 16.0. The Balaban J connectivity index is 1.36. The molecule has 0 aliphatic carbocycles. The first-order valence-electron chi connectivity index (χ1n) is 9.37. The van der Waals surface area contributed by atoms with Crippen LogP contribution >= 0.6 is 11.8 Å². The van der Waals surface area contributed by atoms with E-state index in [0.29, 0.717) is 11.7 Å². The lowest BCUT2D eigenvalue weighted by atomic mass is 10.0. The molecule has 0 saturated carbocycles. The fourth-order valence-corrected chi connectivity index (χ4v) is 4.63. The standard InChI is InChI=1S/C23H23NO2S/c25-23(24-13-12-22(27-16-14-24)21-7-4-15-26-21)17-18-8-10-20(11-9-18)19-5-2-1-3-6-19/h1-11,15,22H,12-14,16-17H2. The van der Waals surface area contributed by atoms with Gasteiger partial charge in [0, 0.05) is 18.8 Å². The minimum Gasteiger partial charge on any atom is -0.468 e. The first kappa shape index (κ1) is 17.9. The largest absolute Gasteiger partial charge is 0.468 e. The maximum Gasteiger partial charge on any atom is 0.227 e. The van der Waals surface area contributed by atoms with Crippen LogP contribution in [0.4, 0.5) is 0 Å². The smallest absolute Gasteiger partial charge is 0.227 e. The summed E-state index contributed by atoms with van der Waals surface area (Å²) in [5, 5.41) is 0.350. The average molecular weight is 378 g/mol. The van der Waals surface area contributed by atoms with Crippen molar-refractivity contribution >= 4 is 17.7 Å². The van der Waals surface area contributed by atoms with Gasteiger partial charge in [-0.3, -0.25) is 4.79 Å². The van der Waals surface area contributed by atoms with Gasteiger partial charge in [-0.1, -0.05) is 54.6 Å². The van der Waals surface area contributed by atoms with Gasteiger partial charge in [0.1, 0.15) is 5.76 Å². The van der Waals surface area contributed by atoms with Gasteiger partial charge in [-0.15, -0.1) is 11.8 Å². The molecule has 2 heterocycles. The lowest BCUT2D eigenvalue weighted by Gasteiger charge is -2.20. The number of rotatable bonds is 4. The van der Waals surface area contributed by atoms with E-state index >= 15 is 0 Å². The fraction of sp³-hybridized carbons (Fsp3) is 0.261. The van der Waals surface area contributed by atoms with Crippen LogP contribution in [0.3, 0.4) is 0 Å². The Kier molecular flexibility index (Phi) is 5.64. The van der Waals surface area contributed by atoms with Crippen molar-refractivity contribution in [1.29, 1.82) is 0 Å². The lowest BCUT2D eigenvalue weighted by Crippen LogP contribution is -2.34. The normalized spacial score (nSPS) is 17.5. The summed E-state index contributed by atoms with van der Waals surface area (Å²) in [5.41, 5.74) is 3.45. The molecule has 1 aliphatic rings. The molecule has 1 atom stereocenters. The molecule has 3 nitrogen and oxygen atoms in total. The maximum atomic E-state index is 12.8. The van der Waals surface area contributed by atoms with Gasteiger partial charge in [-0.05, 0) is 35.2 Å². The second-order valence-corrected chi connectivity index (χ2v) is 8.09. The zero-order valence-electron chi connectivity index (χ0n) is 15.2. The van der Waals surface area contributed by atoms with Gasteiger partial charge in [-0.25, -0.2) is 0 Å². The van der Waals surface area contributed by atoms with Gasteiger partial charge in [0.2, 0.25) is 5.91 Å². The number of carbonyl (C=O) groups is 1. The van der Waals surface area contributed by atoms with Crippen LogP contribution in [0, 0.1) is 0 Å². The van der Waals surface area contributed by atoms with E-state index in [9.17, 15) is 4.79 Å². The third kappa shape index (κ3) is 4.45. The van der Waals surface area contributed by atoms with Crippen LogP contribution in [0.1, 0.15) is 23.0 Å². The summed E-state index contributed by atoms with van der Waals surface area (Å²) < 4.78 is 5.54. The van der Waals surface area contributed by atoms with E-state index in [1.165, 1.54) is 11.1 Å². The molecule has 4 heteroatoms. The zero-order chi connectivity index (χ0) is 18.5. The summed E-state index contributed by atoms with van der Waals surface area (Å²) >= 11 is 1.88. The molecule has 27 heavy (non-hydrogen) atoms. The van der Waals surface area contributed by atoms with E-state index < -0.39 is 0 Å². The molecule has 1 aromatic heterocycles. The molecule has 2 aromatic carbocycles. The summed E-state index contributed by atoms with van der Waals surface area (Å²) in [6.45, 7) is 1.60. The summed E-state index contributed by atoms with van der Waals surface area (Å²) in [5.74, 6) is 2.18. The Labute approximate surface area is 164 Å². The highest BCUT2D eigenvalue weighted by atomic mass is 32.2. The first-order valence-corrected chi connectivity index (χ1v) is 10.4. The molecule has 0 bridgehead atoms. The van der Waals surface area contributed by atoms with Crippen molar-refractivity contribution in [3.05, 3.63) is 84.3 Å². The van der Waals surface area contributed by atoms with Crippen molar-refractivity contribution in [2.45, 2.75) is 18.1 Å². The lowest BCUT2D eigenvalue weighted by molar-refractivity contribution is -0.130. The van der Waals surface area contributed by atoms with Crippen molar-refractivity contribution in [2.75, 3.05) is 18.8 Å². The topological polar surface area (TPSA) is 33.5 Å². The molecule has 4 rings (SSSR count). The molecule has 1 fully saturated rings. The molecular weight excluding hydrogens is 354 g/mol. The van der Waals surface area contributed by atoms with Crippen molar-refractivity contribution in [1.82, 2.24) is 4.90 Å². The third-order valence-electron chi connectivity index (χ3n) is 4.97. The summed E-state index contributed by atoms with van der Waals surface area (Å²) in [4.78, 5) is 14.8. The van der Waals surface area contributed by atoms with Crippen LogP contribution in [0.25, 0.3) is 11.1 Å². The Morgan fingerprint density at radius 2 is 1.74 bits per heavy atom. The number of thioether (sulfide) groups is 1. The monoisotopic (exact) mass is 377 g/mol. The molecule has 138 valence electrons. The number of hydrogen-bond donors (Lipinski definition) is 0. The summed E-state index contributed by atoms with van der Waals surface area (Å²) in [7, 11) is 0. The number of carbonyl (C=O) groups excluding carboxylic acids is 1. The highest BCUT2D eigenvalue weighted by Gasteiger charge is 2.23. The van der Waals surface area contributed by atoms with Gasteiger partial charge in [0.15, 0.2) is 0 Å². The number of benzene rings is 2. The van der Waals surface area contributed by atoms with Crippen LogP contribution < -0.4 is 0 Å². The van der Waals surface area contributed by atoms with Crippen molar-refractivity contribution in [2.24, 2.45) is 0 Å². The minimum atomic E-state index is 0.211. The highest BCUT2D eigenvalue weighted by molar-refractivity contribution is 7.99. The van der Waals surface area contributed by atoms with Crippen molar-refractivity contribution in [3.8, 4) is 11.1 Å². The van der Waals surface area contributed by atoms with Crippen molar-refractivity contribution < 1.29 is 9.21 Å². The Bertz CT molecular complexity index is 859. The van der Waals surface area contributed by atoms with E-state index in [1.807, 2.05) is 47.0 Å². The van der Waals surface area contributed by atoms with Gasteiger partial charge in [-0.2, -0.15) is 0 Å². The second-order valence-electron chi connectivity index (χ2n) is 6.78. The second kappa shape index (κ2) is 8.49.